The molecule has 2 aliphatic carbocycles. The molecule has 1 heterocycles. The summed E-state index contributed by atoms with van der Waals surface area (Å²) in [6.45, 7) is 1.59. The predicted octanol–water partition coefficient (Wildman–Crippen LogP) is 7.46. The molecule has 4 nitrogen and oxygen atoms in total. The summed E-state index contributed by atoms with van der Waals surface area (Å²) >= 11 is 12.4. The van der Waals surface area contributed by atoms with Gasteiger partial charge < -0.3 is 10.6 Å². The van der Waals surface area contributed by atoms with Gasteiger partial charge in [-0.1, -0.05) is 79.9 Å². The molecule has 0 bridgehead atoms. The molecule has 5 rings (SSSR count). The minimum Gasteiger partial charge on any atom is -0.354 e. The van der Waals surface area contributed by atoms with Gasteiger partial charge >= 0.3 is 0 Å². The second-order valence-corrected chi connectivity index (χ2v) is 11.2. The van der Waals surface area contributed by atoms with Crippen molar-refractivity contribution in [3.05, 3.63) is 63.6 Å². The molecule has 6 heteroatoms. The first kappa shape index (κ1) is 26.0. The van der Waals surface area contributed by atoms with Crippen LogP contribution in [0.15, 0.2) is 42.5 Å². The van der Waals surface area contributed by atoms with Crippen molar-refractivity contribution in [3.8, 4) is 0 Å². The van der Waals surface area contributed by atoms with E-state index in [1.807, 2.05) is 36.4 Å². The van der Waals surface area contributed by atoms with Crippen molar-refractivity contribution in [2.24, 2.45) is 5.92 Å². The van der Waals surface area contributed by atoms with Crippen LogP contribution in [0.5, 0.6) is 0 Å². The van der Waals surface area contributed by atoms with Gasteiger partial charge in [-0.2, -0.15) is 0 Å². The van der Waals surface area contributed by atoms with Crippen LogP contribution in [-0.2, 0) is 21.4 Å². The molecule has 35 heavy (non-hydrogen) atoms. The summed E-state index contributed by atoms with van der Waals surface area (Å²) in [5.41, 5.74) is 2.54. The Hall–Kier alpha value is -2.04. The van der Waals surface area contributed by atoms with E-state index in [2.05, 4.69) is 16.7 Å². The second-order valence-electron chi connectivity index (χ2n) is 10.3. The van der Waals surface area contributed by atoms with Crippen molar-refractivity contribution in [1.29, 1.82) is 0 Å². The molecule has 0 radical (unpaired) electrons. The maximum Gasteiger partial charge on any atom is 0.235 e. The fourth-order valence-corrected chi connectivity index (χ4v) is 6.57. The van der Waals surface area contributed by atoms with Gasteiger partial charge in [0.15, 0.2) is 0 Å². The molecule has 0 saturated heterocycles. The maximum absolute atomic E-state index is 13.3. The average molecular weight is 516 g/mol. The van der Waals surface area contributed by atoms with Crippen molar-refractivity contribution < 1.29 is 9.59 Å². The summed E-state index contributed by atoms with van der Waals surface area (Å²) in [4.78, 5) is 23.9. The molecular formula is C29H36Cl2N2O2. The number of carbonyl (C=O) groups excluding carboxylic acids is 2. The zero-order chi connectivity index (χ0) is 24.8. The van der Waals surface area contributed by atoms with E-state index in [9.17, 15) is 9.59 Å². The first-order valence-corrected chi connectivity index (χ1v) is 13.8. The third kappa shape index (κ3) is 6.21. The molecule has 3 aliphatic rings. The standard InChI is InChI=1S/C21H21Cl2NO.C8H15NO/c22-16-8-4-5-14(11-16)13-21(15-6-2-1-3-7-15)18-10-9-17(23)12-19(18)24-20(21)25;1-7(10)9-8-5-3-2-4-6-8/h4-5,8-12,15H,1-3,6-7,13H2,(H,24,25);8H,2-6H2,1H3,(H,9,10). The largest absolute Gasteiger partial charge is 0.354 e. The number of carbonyl (C=O) groups is 2. The fraction of sp³-hybridized carbons (Fsp3) is 0.517. The number of anilines is 1. The monoisotopic (exact) mass is 514 g/mol. The summed E-state index contributed by atoms with van der Waals surface area (Å²) in [5.74, 6) is 0.575. The highest BCUT2D eigenvalue weighted by atomic mass is 35.5. The van der Waals surface area contributed by atoms with Crippen LogP contribution in [0.2, 0.25) is 10.0 Å². The number of hydrogen-bond acceptors (Lipinski definition) is 2. The highest BCUT2D eigenvalue weighted by molar-refractivity contribution is 6.31. The molecular weight excluding hydrogens is 479 g/mol. The van der Waals surface area contributed by atoms with E-state index in [1.165, 1.54) is 51.4 Å². The van der Waals surface area contributed by atoms with Crippen LogP contribution in [0.4, 0.5) is 5.69 Å². The third-order valence-corrected chi connectivity index (χ3v) is 8.27. The maximum atomic E-state index is 13.3. The Morgan fingerprint density at radius 2 is 1.60 bits per heavy atom. The highest BCUT2D eigenvalue weighted by Gasteiger charge is 2.52. The Kier molecular flexibility index (Phi) is 8.77. The smallest absolute Gasteiger partial charge is 0.235 e. The van der Waals surface area contributed by atoms with E-state index in [0.29, 0.717) is 28.4 Å². The van der Waals surface area contributed by atoms with Crippen molar-refractivity contribution in [3.63, 3.8) is 0 Å². The minimum atomic E-state index is -0.523. The van der Waals surface area contributed by atoms with Crippen LogP contribution in [0, 0.1) is 5.92 Å². The SMILES string of the molecule is CC(=O)NC1CCCCC1.O=C1Nc2cc(Cl)ccc2C1(Cc1cccc(Cl)c1)C1CCCCC1. The normalized spacial score (nSPS) is 22.5. The van der Waals surface area contributed by atoms with Gasteiger partial charge in [0, 0.05) is 28.7 Å². The van der Waals surface area contributed by atoms with Gasteiger partial charge in [0.25, 0.3) is 0 Å². The van der Waals surface area contributed by atoms with Crippen LogP contribution in [0.3, 0.4) is 0 Å². The molecule has 1 unspecified atom stereocenters. The summed E-state index contributed by atoms with van der Waals surface area (Å²) in [6.07, 6.45) is 12.8. The zero-order valence-electron chi connectivity index (χ0n) is 20.5. The summed E-state index contributed by atoms with van der Waals surface area (Å²) in [6, 6.07) is 14.2. The van der Waals surface area contributed by atoms with Crippen LogP contribution >= 0.6 is 23.2 Å². The molecule has 1 aliphatic heterocycles. The number of amides is 2. The summed E-state index contributed by atoms with van der Waals surface area (Å²) in [5, 5.41) is 7.42. The van der Waals surface area contributed by atoms with Gasteiger partial charge in [-0.25, -0.2) is 0 Å². The molecule has 2 aromatic carbocycles. The summed E-state index contributed by atoms with van der Waals surface area (Å²) in [7, 11) is 0. The number of halogens is 2. The average Bonchev–Trinajstić information content (AvgIpc) is 3.11. The molecule has 2 saturated carbocycles. The van der Waals surface area contributed by atoms with E-state index < -0.39 is 5.41 Å². The van der Waals surface area contributed by atoms with Crippen molar-refractivity contribution >= 4 is 40.7 Å². The van der Waals surface area contributed by atoms with E-state index in [4.69, 9.17) is 23.2 Å². The topological polar surface area (TPSA) is 58.2 Å². The van der Waals surface area contributed by atoms with Crippen molar-refractivity contribution in [1.82, 2.24) is 5.32 Å². The van der Waals surface area contributed by atoms with E-state index >= 15 is 0 Å². The fourth-order valence-electron chi connectivity index (χ4n) is 6.19. The van der Waals surface area contributed by atoms with Crippen molar-refractivity contribution in [2.75, 3.05) is 5.32 Å². The zero-order valence-corrected chi connectivity index (χ0v) is 22.1. The predicted molar refractivity (Wildman–Crippen MR) is 144 cm³/mol. The number of benzene rings is 2. The highest BCUT2D eigenvalue weighted by Crippen LogP contribution is 2.50. The van der Waals surface area contributed by atoms with Crippen LogP contribution < -0.4 is 10.6 Å². The number of fused-ring (bicyclic) bond motifs is 1. The van der Waals surface area contributed by atoms with Gasteiger partial charge in [-0.3, -0.25) is 9.59 Å². The number of nitrogens with one attached hydrogen (secondary N) is 2. The molecule has 2 aromatic rings. The lowest BCUT2D eigenvalue weighted by Gasteiger charge is -2.38. The van der Waals surface area contributed by atoms with Crippen LogP contribution in [0.1, 0.15) is 82.3 Å². The Morgan fingerprint density at radius 3 is 2.26 bits per heavy atom. The van der Waals surface area contributed by atoms with Crippen LogP contribution in [-0.4, -0.2) is 17.9 Å². The lowest BCUT2D eigenvalue weighted by Crippen LogP contribution is -2.44. The lowest BCUT2D eigenvalue weighted by molar-refractivity contribution is -0.123. The Balaban J connectivity index is 0.000000243. The number of hydrogen-bond donors (Lipinski definition) is 2. The van der Waals surface area contributed by atoms with Gasteiger partial charge in [0.2, 0.25) is 11.8 Å². The second kappa shape index (κ2) is 11.8. The quantitative estimate of drug-likeness (QED) is 0.444. The molecule has 1 atom stereocenters. The van der Waals surface area contributed by atoms with Gasteiger partial charge in [0.1, 0.15) is 0 Å². The van der Waals surface area contributed by atoms with E-state index in [0.717, 1.165) is 29.7 Å². The Labute approximate surface area is 219 Å². The Morgan fingerprint density at radius 1 is 0.943 bits per heavy atom. The first-order chi connectivity index (χ1) is 16.9. The van der Waals surface area contributed by atoms with Gasteiger partial charge in [0.05, 0.1) is 5.41 Å². The molecule has 0 spiro atoms. The van der Waals surface area contributed by atoms with E-state index in [1.54, 1.807) is 6.92 Å². The van der Waals surface area contributed by atoms with Gasteiger partial charge in [-0.05, 0) is 73.4 Å². The molecule has 0 aromatic heterocycles. The first-order valence-electron chi connectivity index (χ1n) is 13.0. The summed E-state index contributed by atoms with van der Waals surface area (Å²) < 4.78 is 0. The molecule has 188 valence electrons. The molecule has 2 fully saturated rings. The lowest BCUT2D eigenvalue weighted by atomic mass is 9.63. The Bertz CT molecular complexity index is 1040. The minimum absolute atomic E-state index is 0.108. The van der Waals surface area contributed by atoms with E-state index in [-0.39, 0.29) is 11.8 Å². The van der Waals surface area contributed by atoms with Gasteiger partial charge in [-0.15, -0.1) is 0 Å². The van der Waals surface area contributed by atoms with Crippen LogP contribution in [0.25, 0.3) is 0 Å². The number of rotatable bonds is 4. The molecule has 2 N–H and O–H groups in total. The third-order valence-electron chi connectivity index (χ3n) is 7.80. The van der Waals surface area contributed by atoms with Crippen molar-refractivity contribution in [2.45, 2.75) is 89.0 Å². The molecule has 2 amide bonds.